The van der Waals surface area contributed by atoms with Gasteiger partial charge in [0.2, 0.25) is 11.8 Å². The van der Waals surface area contributed by atoms with Crippen LogP contribution in [0.2, 0.25) is 0 Å². The number of thioether (sulfide) groups is 1. The molecule has 2 N–H and O–H groups in total. The van der Waals surface area contributed by atoms with Crippen molar-refractivity contribution in [2.75, 3.05) is 6.54 Å². The average Bonchev–Trinajstić information content (AvgIpc) is 3.46. The molecule has 32 heavy (non-hydrogen) atoms. The molecule has 1 aromatic heterocycles. The van der Waals surface area contributed by atoms with Crippen molar-refractivity contribution >= 4 is 40.9 Å². The molecule has 2 aliphatic heterocycles. The molecule has 7 atom stereocenters. The summed E-state index contributed by atoms with van der Waals surface area (Å²) in [6.07, 6.45) is 0.613. The SMILES string of the molecule is Cc1ccccc1[C@H]1c2sc(=O)[nH]c2S[C@@H]2[C@H]3C[C@@H]([C@@H]4C(=O)N(CCC(=O)O)C(=O)[C@H]34)[C@@H]12. The summed E-state index contributed by atoms with van der Waals surface area (Å²) < 4.78 is 0. The number of carbonyl (C=O) groups is 3. The zero-order valence-corrected chi connectivity index (χ0v) is 18.9. The standard InChI is InChI=1S/C23H22N2O5S2/c1-9-4-2-3-5-10(9)14-15-11-8-12(18(15)31-20-19(14)32-23(30)24-20)17-16(11)21(28)25(22(17)29)7-6-13(26)27/h2-5,11-12,14-18H,6-8H2,1H3,(H,24,30)(H,26,27)/t11-,12+,14-,15+,16+,17-,18-/m1/s1. The molecule has 3 heterocycles. The third-order valence-corrected chi connectivity index (χ3v) is 10.5. The summed E-state index contributed by atoms with van der Waals surface area (Å²) in [6, 6.07) is 8.22. The van der Waals surface area contributed by atoms with Crippen LogP contribution in [-0.4, -0.2) is 44.6 Å². The van der Waals surface area contributed by atoms with Crippen LogP contribution in [0.15, 0.2) is 34.1 Å². The molecule has 9 heteroatoms. The number of aryl methyl sites for hydroxylation is 1. The van der Waals surface area contributed by atoms with Crippen molar-refractivity contribution in [1.29, 1.82) is 0 Å². The Morgan fingerprint density at radius 1 is 1.16 bits per heavy atom. The summed E-state index contributed by atoms with van der Waals surface area (Å²) in [5.41, 5.74) is 2.34. The van der Waals surface area contributed by atoms with Crippen LogP contribution >= 0.6 is 23.1 Å². The fourth-order valence-electron chi connectivity index (χ4n) is 6.79. The highest BCUT2D eigenvalue weighted by molar-refractivity contribution is 8.00. The van der Waals surface area contributed by atoms with Gasteiger partial charge in [0.15, 0.2) is 0 Å². The number of imide groups is 1. The van der Waals surface area contributed by atoms with Crippen LogP contribution in [0.3, 0.4) is 0 Å². The molecule has 4 aliphatic rings. The van der Waals surface area contributed by atoms with E-state index in [-0.39, 0.29) is 70.4 Å². The van der Waals surface area contributed by atoms with Crippen LogP contribution in [0.1, 0.15) is 34.8 Å². The minimum absolute atomic E-state index is 0.0216. The summed E-state index contributed by atoms with van der Waals surface area (Å²) in [5.74, 6) is -1.83. The number of benzene rings is 1. The van der Waals surface area contributed by atoms with Gasteiger partial charge in [0.05, 0.1) is 23.3 Å². The summed E-state index contributed by atoms with van der Waals surface area (Å²) in [5, 5.41) is 10.1. The third-order valence-electron chi connectivity index (χ3n) is 7.89. The number of aromatic amines is 1. The lowest BCUT2D eigenvalue weighted by atomic mass is 9.67. The highest BCUT2D eigenvalue weighted by atomic mass is 32.2. The van der Waals surface area contributed by atoms with E-state index in [4.69, 9.17) is 5.11 Å². The summed E-state index contributed by atoms with van der Waals surface area (Å²) in [4.78, 5) is 55.0. The van der Waals surface area contributed by atoms with E-state index in [1.165, 1.54) is 21.8 Å². The van der Waals surface area contributed by atoms with Gasteiger partial charge in [-0.3, -0.25) is 24.1 Å². The van der Waals surface area contributed by atoms with Crippen LogP contribution in [0.4, 0.5) is 0 Å². The van der Waals surface area contributed by atoms with Gasteiger partial charge in [0.25, 0.3) is 0 Å². The minimum atomic E-state index is -1.01. The summed E-state index contributed by atoms with van der Waals surface area (Å²) >= 11 is 2.92. The van der Waals surface area contributed by atoms with Gasteiger partial charge >= 0.3 is 10.8 Å². The maximum absolute atomic E-state index is 13.3. The topological polar surface area (TPSA) is 108 Å². The maximum Gasteiger partial charge on any atom is 0.305 e. The number of fused-ring (bicyclic) bond motifs is 9. The van der Waals surface area contributed by atoms with E-state index in [2.05, 4.69) is 24.0 Å². The first-order chi connectivity index (χ1) is 15.4. The lowest BCUT2D eigenvalue weighted by Crippen LogP contribution is -2.42. The molecule has 3 fully saturated rings. The van der Waals surface area contributed by atoms with Crippen LogP contribution in [0, 0.1) is 36.5 Å². The Balaban J connectivity index is 1.43. The second-order valence-corrected chi connectivity index (χ2v) is 11.5. The molecule has 1 saturated heterocycles. The molecule has 0 radical (unpaired) electrons. The van der Waals surface area contributed by atoms with Crippen molar-refractivity contribution in [1.82, 2.24) is 9.88 Å². The van der Waals surface area contributed by atoms with Crippen molar-refractivity contribution in [2.45, 2.75) is 36.0 Å². The second-order valence-electron chi connectivity index (χ2n) is 9.29. The van der Waals surface area contributed by atoms with E-state index in [1.807, 2.05) is 12.1 Å². The van der Waals surface area contributed by atoms with Crippen LogP contribution in [0.25, 0.3) is 0 Å². The van der Waals surface area contributed by atoms with Gasteiger partial charge in [-0.2, -0.15) is 0 Å². The first kappa shape index (κ1) is 20.2. The van der Waals surface area contributed by atoms with E-state index < -0.39 is 5.97 Å². The van der Waals surface area contributed by atoms with Gasteiger partial charge in [-0.25, -0.2) is 0 Å². The Bertz CT molecular complexity index is 1220. The normalized spacial score (nSPS) is 34.5. The molecule has 2 aliphatic carbocycles. The lowest BCUT2D eigenvalue weighted by molar-refractivity contribution is -0.142. The fraction of sp³-hybridized carbons (Fsp3) is 0.478. The number of aliphatic carboxylic acids is 1. The van der Waals surface area contributed by atoms with Gasteiger partial charge in [0, 0.05) is 22.6 Å². The van der Waals surface area contributed by atoms with Crippen LogP contribution in [-0.2, 0) is 14.4 Å². The Morgan fingerprint density at radius 3 is 2.59 bits per heavy atom. The number of likely N-dealkylation sites (tertiary alicyclic amines) is 1. The van der Waals surface area contributed by atoms with Crippen molar-refractivity contribution in [2.24, 2.45) is 29.6 Å². The molecular weight excluding hydrogens is 448 g/mol. The van der Waals surface area contributed by atoms with E-state index >= 15 is 0 Å². The van der Waals surface area contributed by atoms with Crippen molar-refractivity contribution in [3.05, 3.63) is 49.9 Å². The molecule has 166 valence electrons. The number of H-pyrrole nitrogens is 1. The first-order valence-electron chi connectivity index (χ1n) is 10.9. The van der Waals surface area contributed by atoms with Crippen LogP contribution in [0.5, 0.6) is 0 Å². The number of rotatable bonds is 4. The van der Waals surface area contributed by atoms with E-state index in [1.54, 1.807) is 11.8 Å². The Morgan fingerprint density at radius 2 is 1.88 bits per heavy atom. The monoisotopic (exact) mass is 470 g/mol. The number of nitrogens with one attached hydrogen (secondary N) is 1. The number of amides is 2. The molecular formula is C23H22N2O5S2. The smallest absolute Gasteiger partial charge is 0.305 e. The predicted molar refractivity (Wildman–Crippen MR) is 119 cm³/mol. The quantitative estimate of drug-likeness (QED) is 0.666. The molecule has 2 aromatic rings. The Hall–Kier alpha value is -2.39. The summed E-state index contributed by atoms with van der Waals surface area (Å²) in [7, 11) is 0. The molecule has 1 aromatic carbocycles. The van der Waals surface area contributed by atoms with Crippen molar-refractivity contribution < 1.29 is 19.5 Å². The zero-order chi connectivity index (χ0) is 22.3. The average molecular weight is 471 g/mol. The molecule has 6 rings (SSSR count). The molecule has 2 saturated carbocycles. The first-order valence-corrected chi connectivity index (χ1v) is 12.6. The van der Waals surface area contributed by atoms with Crippen LogP contribution < -0.4 is 4.87 Å². The number of carbonyl (C=O) groups excluding carboxylic acids is 2. The zero-order valence-electron chi connectivity index (χ0n) is 17.3. The second kappa shape index (κ2) is 7.05. The number of carboxylic acid groups (broad SMARTS) is 1. The Labute approximate surface area is 192 Å². The van der Waals surface area contributed by atoms with Gasteiger partial charge in [0.1, 0.15) is 0 Å². The lowest BCUT2D eigenvalue weighted by Gasteiger charge is -2.43. The molecule has 2 amide bonds. The van der Waals surface area contributed by atoms with Gasteiger partial charge in [-0.05, 0) is 42.2 Å². The van der Waals surface area contributed by atoms with Gasteiger partial charge in [-0.1, -0.05) is 35.6 Å². The molecule has 7 nitrogen and oxygen atoms in total. The van der Waals surface area contributed by atoms with E-state index in [0.717, 1.165) is 21.9 Å². The maximum atomic E-state index is 13.3. The summed E-state index contributed by atoms with van der Waals surface area (Å²) in [6.45, 7) is 2.03. The van der Waals surface area contributed by atoms with Crippen molar-refractivity contribution in [3.8, 4) is 0 Å². The van der Waals surface area contributed by atoms with Gasteiger partial charge in [-0.15, -0.1) is 11.8 Å². The number of hydrogen-bond donors (Lipinski definition) is 2. The van der Waals surface area contributed by atoms with Gasteiger partial charge < -0.3 is 10.1 Å². The predicted octanol–water partition coefficient (Wildman–Crippen LogP) is 2.69. The van der Waals surface area contributed by atoms with Crippen molar-refractivity contribution in [3.63, 3.8) is 0 Å². The van der Waals surface area contributed by atoms with E-state index in [0.29, 0.717) is 0 Å². The Kier molecular flexibility index (Phi) is 4.46. The van der Waals surface area contributed by atoms with E-state index in [9.17, 15) is 19.2 Å². The number of nitrogens with zero attached hydrogens (tertiary/aromatic N) is 1. The number of thiazole rings is 1. The molecule has 2 bridgehead atoms. The fourth-order valence-corrected chi connectivity index (χ4v) is 9.67. The number of aromatic nitrogens is 1. The molecule has 0 unspecified atom stereocenters. The minimum Gasteiger partial charge on any atom is -0.481 e. The number of hydrogen-bond acceptors (Lipinski definition) is 6. The number of carboxylic acids is 1. The largest absolute Gasteiger partial charge is 0.481 e. The highest BCUT2D eigenvalue weighted by Gasteiger charge is 2.69. The third kappa shape index (κ3) is 2.67. The molecule has 0 spiro atoms. The highest BCUT2D eigenvalue weighted by Crippen LogP contribution is 2.68.